The molecule has 68 valence electrons. The average molecular weight is 170 g/mol. The fourth-order valence-corrected chi connectivity index (χ4v) is 1.35. The number of allylic oxidation sites excluding steroid dienone is 1. The van der Waals surface area contributed by atoms with Crippen molar-refractivity contribution in [3.63, 3.8) is 0 Å². The van der Waals surface area contributed by atoms with Crippen molar-refractivity contribution >= 4 is 5.97 Å². The first-order valence-corrected chi connectivity index (χ1v) is 4.34. The van der Waals surface area contributed by atoms with Gasteiger partial charge in [0, 0.05) is 0 Å². The van der Waals surface area contributed by atoms with Gasteiger partial charge in [0.05, 0.1) is 6.10 Å². The highest BCUT2D eigenvalue weighted by molar-refractivity contribution is 5.84. The summed E-state index contributed by atoms with van der Waals surface area (Å²) in [5.74, 6) is -0.824. The highest BCUT2D eigenvalue weighted by Gasteiger charge is 2.19. The summed E-state index contributed by atoms with van der Waals surface area (Å²) >= 11 is 0. The van der Waals surface area contributed by atoms with Gasteiger partial charge in [-0.2, -0.15) is 0 Å². The maximum atomic E-state index is 10.5. The van der Waals surface area contributed by atoms with Crippen LogP contribution in [0.5, 0.6) is 0 Å². The molecule has 0 bridgehead atoms. The van der Waals surface area contributed by atoms with Crippen molar-refractivity contribution in [3.8, 4) is 0 Å². The van der Waals surface area contributed by atoms with Gasteiger partial charge in [-0.25, -0.2) is 4.79 Å². The van der Waals surface area contributed by atoms with Gasteiger partial charge in [-0.05, 0) is 25.3 Å². The Bertz CT molecular complexity index is 196. The van der Waals surface area contributed by atoms with Crippen LogP contribution in [0.4, 0.5) is 0 Å². The summed E-state index contributed by atoms with van der Waals surface area (Å²) in [7, 11) is 0. The van der Waals surface area contributed by atoms with Crippen LogP contribution in [0, 0.1) is 0 Å². The Morgan fingerprint density at radius 2 is 2.58 bits per heavy atom. The van der Waals surface area contributed by atoms with E-state index in [4.69, 9.17) is 9.84 Å². The molecule has 3 heteroatoms. The van der Waals surface area contributed by atoms with E-state index in [0.29, 0.717) is 0 Å². The molecule has 0 spiro atoms. The van der Waals surface area contributed by atoms with E-state index in [1.165, 1.54) is 0 Å². The fraction of sp³-hybridized carbons (Fsp3) is 0.667. The molecule has 0 saturated heterocycles. The summed E-state index contributed by atoms with van der Waals surface area (Å²) in [5, 5.41) is 8.63. The number of ether oxygens (including phenoxy) is 1. The number of hydrogen-bond donors (Lipinski definition) is 1. The molecule has 1 atom stereocenters. The Kier molecular flexibility index (Phi) is 3.14. The van der Waals surface area contributed by atoms with Crippen molar-refractivity contribution in [3.05, 3.63) is 11.8 Å². The smallest absolute Gasteiger partial charge is 0.370 e. The van der Waals surface area contributed by atoms with Gasteiger partial charge < -0.3 is 9.84 Å². The number of carboxylic acid groups (broad SMARTS) is 1. The highest BCUT2D eigenvalue weighted by atomic mass is 16.5. The lowest BCUT2D eigenvalue weighted by molar-refractivity contribution is -0.138. The normalized spacial score (nSPS) is 22.8. The maximum Gasteiger partial charge on any atom is 0.370 e. The minimum atomic E-state index is -0.948. The predicted octanol–water partition coefficient (Wildman–Crippen LogP) is 1.93. The molecule has 0 aromatic heterocycles. The second-order valence-electron chi connectivity index (χ2n) is 2.98. The first kappa shape index (κ1) is 9.10. The molecule has 1 heterocycles. The third kappa shape index (κ3) is 2.26. The van der Waals surface area contributed by atoms with Crippen LogP contribution in [0.1, 0.15) is 32.6 Å². The summed E-state index contributed by atoms with van der Waals surface area (Å²) in [6.07, 6.45) is 5.53. The molecule has 0 aromatic carbocycles. The summed E-state index contributed by atoms with van der Waals surface area (Å²) in [6, 6.07) is 0. The molecule has 0 fully saturated rings. The van der Waals surface area contributed by atoms with Gasteiger partial charge in [0.1, 0.15) is 0 Å². The highest BCUT2D eigenvalue weighted by Crippen LogP contribution is 2.20. The monoisotopic (exact) mass is 170 g/mol. The predicted molar refractivity (Wildman–Crippen MR) is 44.7 cm³/mol. The van der Waals surface area contributed by atoms with Gasteiger partial charge in [0.25, 0.3) is 0 Å². The summed E-state index contributed by atoms with van der Waals surface area (Å²) in [4.78, 5) is 10.5. The third-order valence-corrected chi connectivity index (χ3v) is 1.93. The second-order valence-corrected chi connectivity index (χ2v) is 2.98. The lowest BCUT2D eigenvalue weighted by Crippen LogP contribution is -2.19. The van der Waals surface area contributed by atoms with Crippen LogP contribution in [0.3, 0.4) is 0 Å². The van der Waals surface area contributed by atoms with E-state index in [-0.39, 0.29) is 11.9 Å². The Morgan fingerprint density at radius 1 is 1.83 bits per heavy atom. The van der Waals surface area contributed by atoms with Gasteiger partial charge in [-0.3, -0.25) is 0 Å². The summed E-state index contributed by atoms with van der Waals surface area (Å²) in [5.41, 5.74) is 0. The van der Waals surface area contributed by atoms with Crippen LogP contribution in [0.25, 0.3) is 0 Å². The van der Waals surface area contributed by atoms with Crippen LogP contribution in [0.2, 0.25) is 0 Å². The van der Waals surface area contributed by atoms with Crippen molar-refractivity contribution in [1.82, 2.24) is 0 Å². The standard InChI is InChI=1S/C9H14O3/c1-2-4-7-5-3-6-8(12-7)9(10)11/h6-7H,2-5H2,1H3,(H,10,11). The van der Waals surface area contributed by atoms with Crippen molar-refractivity contribution in [2.24, 2.45) is 0 Å². The average Bonchev–Trinajstić information content (AvgIpc) is 2.05. The van der Waals surface area contributed by atoms with Crippen molar-refractivity contribution in [2.45, 2.75) is 38.7 Å². The van der Waals surface area contributed by atoms with Crippen molar-refractivity contribution < 1.29 is 14.6 Å². The van der Waals surface area contributed by atoms with E-state index in [1.54, 1.807) is 6.08 Å². The summed E-state index contributed by atoms with van der Waals surface area (Å²) < 4.78 is 5.25. The van der Waals surface area contributed by atoms with Crippen molar-refractivity contribution in [2.75, 3.05) is 0 Å². The number of hydrogen-bond acceptors (Lipinski definition) is 2. The molecule has 0 aliphatic carbocycles. The van der Waals surface area contributed by atoms with E-state index in [0.717, 1.165) is 25.7 Å². The fourth-order valence-electron chi connectivity index (χ4n) is 1.35. The van der Waals surface area contributed by atoms with Crippen LogP contribution in [-0.4, -0.2) is 17.2 Å². The maximum absolute atomic E-state index is 10.5. The Hall–Kier alpha value is -0.990. The lowest BCUT2D eigenvalue weighted by Gasteiger charge is -2.21. The van der Waals surface area contributed by atoms with E-state index < -0.39 is 5.97 Å². The van der Waals surface area contributed by atoms with Crippen LogP contribution in [-0.2, 0) is 9.53 Å². The van der Waals surface area contributed by atoms with E-state index >= 15 is 0 Å². The van der Waals surface area contributed by atoms with Gasteiger partial charge in [0.2, 0.25) is 5.76 Å². The molecule has 0 saturated carbocycles. The van der Waals surface area contributed by atoms with Gasteiger partial charge >= 0.3 is 5.97 Å². The van der Waals surface area contributed by atoms with Crippen molar-refractivity contribution in [1.29, 1.82) is 0 Å². The molecule has 1 rings (SSSR count). The third-order valence-electron chi connectivity index (χ3n) is 1.93. The lowest BCUT2D eigenvalue weighted by atomic mass is 10.1. The molecule has 0 aromatic rings. The Balaban J connectivity index is 2.47. The molecule has 1 N–H and O–H groups in total. The van der Waals surface area contributed by atoms with Gasteiger partial charge in [0.15, 0.2) is 0 Å². The quantitative estimate of drug-likeness (QED) is 0.704. The largest absolute Gasteiger partial charge is 0.483 e. The number of carbonyl (C=O) groups is 1. The topological polar surface area (TPSA) is 46.5 Å². The zero-order valence-corrected chi connectivity index (χ0v) is 7.25. The molecule has 0 radical (unpaired) electrons. The summed E-state index contributed by atoms with van der Waals surface area (Å²) in [6.45, 7) is 2.07. The Morgan fingerprint density at radius 3 is 3.17 bits per heavy atom. The van der Waals surface area contributed by atoms with E-state index in [9.17, 15) is 4.79 Å². The minimum absolute atomic E-state index is 0.117. The molecular formula is C9H14O3. The van der Waals surface area contributed by atoms with Crippen LogP contribution >= 0.6 is 0 Å². The minimum Gasteiger partial charge on any atom is -0.483 e. The van der Waals surface area contributed by atoms with E-state index in [2.05, 4.69) is 6.92 Å². The number of aliphatic carboxylic acids is 1. The Labute approximate surface area is 72.0 Å². The molecule has 1 aliphatic heterocycles. The molecular weight excluding hydrogens is 156 g/mol. The molecule has 1 unspecified atom stereocenters. The molecule has 0 amide bonds. The molecule has 3 nitrogen and oxygen atoms in total. The first-order valence-electron chi connectivity index (χ1n) is 4.34. The van der Waals surface area contributed by atoms with Gasteiger partial charge in [-0.15, -0.1) is 0 Å². The number of carboxylic acids is 1. The number of rotatable bonds is 3. The first-order chi connectivity index (χ1) is 5.74. The van der Waals surface area contributed by atoms with Crippen LogP contribution < -0.4 is 0 Å². The van der Waals surface area contributed by atoms with Crippen LogP contribution in [0.15, 0.2) is 11.8 Å². The zero-order valence-electron chi connectivity index (χ0n) is 7.25. The SMILES string of the molecule is CCCC1CCC=C(C(=O)O)O1. The zero-order chi connectivity index (χ0) is 8.97. The second kappa shape index (κ2) is 4.14. The van der Waals surface area contributed by atoms with Gasteiger partial charge in [-0.1, -0.05) is 13.3 Å². The van der Waals surface area contributed by atoms with E-state index in [1.807, 2.05) is 0 Å². The molecule has 12 heavy (non-hydrogen) atoms. The molecule has 1 aliphatic rings.